The van der Waals surface area contributed by atoms with Crippen molar-refractivity contribution in [3.8, 4) is 0 Å². The summed E-state index contributed by atoms with van der Waals surface area (Å²) in [5.74, 6) is 0.945. The second kappa shape index (κ2) is 6.19. The van der Waals surface area contributed by atoms with Gasteiger partial charge in [-0.2, -0.15) is 0 Å². The maximum Gasteiger partial charge on any atom is 0.0192 e. The van der Waals surface area contributed by atoms with Crippen LogP contribution < -0.4 is 10.6 Å². The van der Waals surface area contributed by atoms with Gasteiger partial charge in [0.2, 0.25) is 0 Å². The van der Waals surface area contributed by atoms with Crippen molar-refractivity contribution in [1.82, 2.24) is 10.6 Å². The van der Waals surface area contributed by atoms with E-state index in [1.807, 2.05) is 0 Å². The van der Waals surface area contributed by atoms with Crippen LogP contribution in [0.3, 0.4) is 0 Å². The van der Waals surface area contributed by atoms with Crippen molar-refractivity contribution in [3.63, 3.8) is 0 Å². The van der Waals surface area contributed by atoms with E-state index in [9.17, 15) is 0 Å². The Morgan fingerprint density at radius 3 is 2.47 bits per heavy atom. The van der Waals surface area contributed by atoms with E-state index in [2.05, 4.69) is 24.5 Å². The zero-order valence-electron chi connectivity index (χ0n) is 11.7. The molecule has 2 aliphatic rings. The van der Waals surface area contributed by atoms with Crippen LogP contribution in [0.15, 0.2) is 0 Å². The Labute approximate surface area is 107 Å². The summed E-state index contributed by atoms with van der Waals surface area (Å²) in [6, 6.07) is 0.733. The highest BCUT2D eigenvalue weighted by Gasteiger charge is 2.30. The second-order valence-corrected chi connectivity index (χ2v) is 6.75. The third-order valence-electron chi connectivity index (χ3n) is 4.84. The molecule has 2 fully saturated rings. The Balaban J connectivity index is 1.68. The Morgan fingerprint density at radius 2 is 1.82 bits per heavy atom. The fraction of sp³-hybridized carbons (Fsp3) is 1.00. The molecule has 1 heterocycles. The minimum Gasteiger partial charge on any atom is -0.315 e. The predicted octanol–water partition coefficient (Wildman–Crippen LogP) is 2.93. The summed E-state index contributed by atoms with van der Waals surface area (Å²) < 4.78 is 0. The van der Waals surface area contributed by atoms with Gasteiger partial charge in [0.25, 0.3) is 0 Å². The Bertz CT molecular complexity index is 213. The topological polar surface area (TPSA) is 24.1 Å². The molecule has 2 rings (SSSR count). The standard InChI is InChI=1S/C15H30N2/c1-15(2,13-7-4-3-5-8-13)12-16-11-14-9-6-10-17-14/h13-14,16-17H,3-12H2,1-2H3. The van der Waals surface area contributed by atoms with Crippen LogP contribution in [0.4, 0.5) is 0 Å². The molecule has 1 aliphatic heterocycles. The molecule has 0 amide bonds. The first kappa shape index (κ1) is 13.4. The summed E-state index contributed by atoms with van der Waals surface area (Å²) in [5, 5.41) is 7.26. The van der Waals surface area contributed by atoms with E-state index < -0.39 is 0 Å². The molecule has 0 spiro atoms. The lowest BCUT2D eigenvalue weighted by Crippen LogP contribution is -2.41. The lowest BCUT2D eigenvalue weighted by Gasteiger charge is -2.37. The van der Waals surface area contributed by atoms with Crippen molar-refractivity contribution in [2.75, 3.05) is 19.6 Å². The van der Waals surface area contributed by atoms with Crippen molar-refractivity contribution < 1.29 is 0 Å². The van der Waals surface area contributed by atoms with Gasteiger partial charge in [0.15, 0.2) is 0 Å². The lowest BCUT2D eigenvalue weighted by molar-refractivity contribution is 0.153. The van der Waals surface area contributed by atoms with Gasteiger partial charge in [-0.3, -0.25) is 0 Å². The molecular weight excluding hydrogens is 208 g/mol. The molecule has 0 aromatic heterocycles. The van der Waals surface area contributed by atoms with E-state index in [1.54, 1.807) is 0 Å². The normalized spacial score (nSPS) is 27.5. The molecule has 2 N–H and O–H groups in total. The Hall–Kier alpha value is -0.0800. The molecule has 100 valence electrons. The average molecular weight is 238 g/mol. The summed E-state index contributed by atoms with van der Waals surface area (Å²) in [6.07, 6.45) is 10.0. The maximum atomic E-state index is 3.70. The van der Waals surface area contributed by atoms with E-state index in [0.29, 0.717) is 5.41 Å². The second-order valence-electron chi connectivity index (χ2n) is 6.75. The number of nitrogens with one attached hydrogen (secondary N) is 2. The highest BCUT2D eigenvalue weighted by Crippen LogP contribution is 2.37. The molecule has 1 unspecified atom stereocenters. The van der Waals surface area contributed by atoms with Crippen LogP contribution in [0.25, 0.3) is 0 Å². The summed E-state index contributed by atoms with van der Waals surface area (Å²) >= 11 is 0. The van der Waals surface area contributed by atoms with Gasteiger partial charge >= 0.3 is 0 Å². The van der Waals surface area contributed by atoms with Gasteiger partial charge in [0.05, 0.1) is 0 Å². The molecule has 1 saturated heterocycles. The van der Waals surface area contributed by atoms with Gasteiger partial charge in [0, 0.05) is 19.1 Å². The van der Waals surface area contributed by atoms with E-state index in [4.69, 9.17) is 0 Å². The summed E-state index contributed by atoms with van der Waals surface area (Å²) in [4.78, 5) is 0. The highest BCUT2D eigenvalue weighted by molar-refractivity contribution is 4.84. The summed E-state index contributed by atoms with van der Waals surface area (Å²) in [6.45, 7) is 8.49. The smallest absolute Gasteiger partial charge is 0.0192 e. The average Bonchev–Trinajstić information content (AvgIpc) is 2.83. The quantitative estimate of drug-likeness (QED) is 0.769. The zero-order valence-corrected chi connectivity index (χ0v) is 11.7. The third-order valence-corrected chi connectivity index (χ3v) is 4.84. The minimum atomic E-state index is 0.485. The van der Waals surface area contributed by atoms with Crippen LogP contribution in [-0.2, 0) is 0 Å². The lowest BCUT2D eigenvalue weighted by atomic mass is 9.71. The molecule has 1 saturated carbocycles. The van der Waals surface area contributed by atoms with E-state index in [0.717, 1.165) is 18.5 Å². The van der Waals surface area contributed by atoms with Crippen LogP contribution in [0.2, 0.25) is 0 Å². The fourth-order valence-electron chi connectivity index (χ4n) is 3.53. The molecule has 2 nitrogen and oxygen atoms in total. The van der Waals surface area contributed by atoms with Crippen molar-refractivity contribution in [3.05, 3.63) is 0 Å². The summed E-state index contributed by atoms with van der Waals surface area (Å²) in [5.41, 5.74) is 0.485. The molecular formula is C15H30N2. The molecule has 1 atom stereocenters. The van der Waals surface area contributed by atoms with E-state index in [-0.39, 0.29) is 0 Å². The van der Waals surface area contributed by atoms with E-state index in [1.165, 1.54) is 58.0 Å². The van der Waals surface area contributed by atoms with Crippen molar-refractivity contribution in [2.24, 2.45) is 11.3 Å². The first-order valence-corrected chi connectivity index (χ1v) is 7.62. The van der Waals surface area contributed by atoms with Crippen molar-refractivity contribution >= 4 is 0 Å². The number of hydrogen-bond donors (Lipinski definition) is 2. The first-order valence-electron chi connectivity index (χ1n) is 7.62. The van der Waals surface area contributed by atoms with Crippen LogP contribution in [-0.4, -0.2) is 25.7 Å². The van der Waals surface area contributed by atoms with Crippen LogP contribution in [0, 0.1) is 11.3 Å². The molecule has 17 heavy (non-hydrogen) atoms. The van der Waals surface area contributed by atoms with Crippen LogP contribution in [0.1, 0.15) is 58.8 Å². The van der Waals surface area contributed by atoms with Gasteiger partial charge in [0.1, 0.15) is 0 Å². The molecule has 0 aromatic rings. The molecule has 1 aliphatic carbocycles. The molecule has 0 bridgehead atoms. The van der Waals surface area contributed by atoms with Gasteiger partial charge < -0.3 is 10.6 Å². The fourth-order valence-corrected chi connectivity index (χ4v) is 3.53. The first-order chi connectivity index (χ1) is 8.18. The van der Waals surface area contributed by atoms with Crippen LogP contribution >= 0.6 is 0 Å². The van der Waals surface area contributed by atoms with Gasteiger partial charge in [-0.15, -0.1) is 0 Å². The highest BCUT2D eigenvalue weighted by atomic mass is 15.0. The minimum absolute atomic E-state index is 0.485. The van der Waals surface area contributed by atoms with E-state index >= 15 is 0 Å². The van der Waals surface area contributed by atoms with Crippen LogP contribution in [0.5, 0.6) is 0 Å². The zero-order chi connectivity index (χ0) is 12.1. The number of hydrogen-bond acceptors (Lipinski definition) is 2. The Morgan fingerprint density at radius 1 is 1.06 bits per heavy atom. The Kier molecular flexibility index (Phi) is 4.87. The van der Waals surface area contributed by atoms with Crippen molar-refractivity contribution in [1.29, 1.82) is 0 Å². The largest absolute Gasteiger partial charge is 0.315 e. The monoisotopic (exact) mass is 238 g/mol. The summed E-state index contributed by atoms with van der Waals surface area (Å²) in [7, 11) is 0. The van der Waals surface area contributed by atoms with Gasteiger partial charge in [-0.25, -0.2) is 0 Å². The van der Waals surface area contributed by atoms with Gasteiger partial charge in [-0.1, -0.05) is 33.1 Å². The third kappa shape index (κ3) is 3.96. The predicted molar refractivity (Wildman–Crippen MR) is 74.3 cm³/mol. The maximum absolute atomic E-state index is 3.70. The molecule has 0 aromatic carbocycles. The SMILES string of the molecule is CC(C)(CNCC1CCCN1)C1CCCCC1. The number of rotatable bonds is 5. The molecule has 0 radical (unpaired) electrons. The van der Waals surface area contributed by atoms with Crippen molar-refractivity contribution in [2.45, 2.75) is 64.8 Å². The van der Waals surface area contributed by atoms with Gasteiger partial charge in [-0.05, 0) is 43.6 Å². The molecule has 2 heteroatoms.